The lowest BCUT2D eigenvalue weighted by atomic mass is 10.1. The second kappa shape index (κ2) is 6.79. The van der Waals surface area contributed by atoms with Crippen molar-refractivity contribution < 1.29 is 9.13 Å². The van der Waals surface area contributed by atoms with Gasteiger partial charge in [0.25, 0.3) is 0 Å². The number of aromatic nitrogens is 1. The van der Waals surface area contributed by atoms with Gasteiger partial charge in [0.15, 0.2) is 0 Å². The zero-order valence-corrected chi connectivity index (χ0v) is 15.8. The van der Waals surface area contributed by atoms with Crippen molar-refractivity contribution in [2.24, 2.45) is 0 Å². The molecule has 3 aliphatic rings. The molecule has 4 nitrogen and oxygen atoms in total. The van der Waals surface area contributed by atoms with Gasteiger partial charge < -0.3 is 15.0 Å². The molecular weight excluding hydrogens is 341 g/mol. The second-order valence-electron chi connectivity index (χ2n) is 8.00. The molecule has 5 heteroatoms. The van der Waals surface area contributed by atoms with Crippen molar-refractivity contribution in [3.8, 4) is 5.75 Å². The Balaban J connectivity index is 1.44. The number of nitrogens with one attached hydrogen (secondary N) is 1. The van der Waals surface area contributed by atoms with Crippen LogP contribution in [0.3, 0.4) is 0 Å². The molecule has 0 radical (unpaired) electrons. The highest BCUT2D eigenvalue weighted by molar-refractivity contribution is 5.47. The SMILES string of the molecule is C[C@@H]1CNCCN1c1ccc2c(n1)[C@@H](Oc1cc(F)cc3c1CCC3)CC2. The Hall–Kier alpha value is -2.14. The predicted molar refractivity (Wildman–Crippen MR) is 104 cm³/mol. The van der Waals surface area contributed by atoms with Crippen molar-refractivity contribution in [3.05, 3.63) is 52.5 Å². The summed E-state index contributed by atoms with van der Waals surface area (Å²) < 4.78 is 20.4. The Morgan fingerprint density at radius 3 is 3.00 bits per heavy atom. The number of rotatable bonds is 3. The lowest BCUT2D eigenvalue weighted by Crippen LogP contribution is -2.50. The summed E-state index contributed by atoms with van der Waals surface area (Å²) in [6.45, 7) is 5.16. The fourth-order valence-electron chi connectivity index (χ4n) is 4.75. The number of aryl methyl sites for hydroxylation is 2. The van der Waals surface area contributed by atoms with Gasteiger partial charge >= 0.3 is 0 Å². The number of hydrogen-bond acceptors (Lipinski definition) is 4. The topological polar surface area (TPSA) is 37.4 Å². The third-order valence-electron chi connectivity index (χ3n) is 6.18. The Labute approximate surface area is 159 Å². The van der Waals surface area contributed by atoms with Crippen molar-refractivity contribution in [1.82, 2.24) is 10.3 Å². The molecule has 0 spiro atoms. The monoisotopic (exact) mass is 367 g/mol. The molecule has 1 fully saturated rings. The first-order valence-corrected chi connectivity index (χ1v) is 10.1. The van der Waals surface area contributed by atoms with E-state index >= 15 is 0 Å². The Morgan fingerprint density at radius 1 is 1.19 bits per heavy atom. The van der Waals surface area contributed by atoms with Gasteiger partial charge in [0.2, 0.25) is 0 Å². The van der Waals surface area contributed by atoms with Crippen LogP contribution < -0.4 is 15.0 Å². The highest BCUT2D eigenvalue weighted by Crippen LogP contribution is 2.39. The van der Waals surface area contributed by atoms with Crippen LogP contribution in [0.2, 0.25) is 0 Å². The summed E-state index contributed by atoms with van der Waals surface area (Å²) in [5.41, 5.74) is 4.60. The fraction of sp³-hybridized carbons (Fsp3) is 0.500. The Kier molecular flexibility index (Phi) is 4.27. The van der Waals surface area contributed by atoms with Crippen LogP contribution in [0.25, 0.3) is 0 Å². The molecule has 27 heavy (non-hydrogen) atoms. The third-order valence-corrected chi connectivity index (χ3v) is 6.18. The van der Waals surface area contributed by atoms with E-state index in [-0.39, 0.29) is 11.9 Å². The molecular formula is C22H26FN3O. The van der Waals surface area contributed by atoms with Crippen LogP contribution in [0.4, 0.5) is 10.2 Å². The van der Waals surface area contributed by atoms with Gasteiger partial charge in [0, 0.05) is 31.7 Å². The lowest BCUT2D eigenvalue weighted by molar-refractivity contribution is 0.200. The standard InChI is InChI=1S/C22H26FN3O/c1-14-13-24-9-10-26(14)21-8-6-15-5-7-19(22(15)25-21)27-20-12-17(23)11-16-3-2-4-18(16)20/h6,8,11-12,14,19,24H,2-5,7,9-10,13H2,1H3/t14-,19+/m1/s1. The summed E-state index contributed by atoms with van der Waals surface area (Å²) >= 11 is 0. The fourth-order valence-corrected chi connectivity index (χ4v) is 4.75. The number of nitrogens with zero attached hydrogens (tertiary/aromatic N) is 2. The van der Waals surface area contributed by atoms with Gasteiger partial charge in [-0.3, -0.25) is 0 Å². The zero-order chi connectivity index (χ0) is 18.4. The molecule has 2 aromatic rings. The maximum atomic E-state index is 14.0. The normalized spacial score (nSPS) is 24.0. The molecule has 0 bridgehead atoms. The molecule has 1 aromatic carbocycles. The number of benzene rings is 1. The van der Waals surface area contributed by atoms with Crippen LogP contribution in [-0.2, 0) is 19.3 Å². The van der Waals surface area contributed by atoms with Crippen molar-refractivity contribution in [2.45, 2.75) is 51.2 Å². The molecule has 5 rings (SSSR count). The maximum Gasteiger partial charge on any atom is 0.141 e. The van der Waals surface area contributed by atoms with Crippen LogP contribution in [-0.4, -0.2) is 30.7 Å². The van der Waals surface area contributed by atoms with Gasteiger partial charge in [0.05, 0.1) is 5.69 Å². The van der Waals surface area contributed by atoms with E-state index in [4.69, 9.17) is 9.72 Å². The van der Waals surface area contributed by atoms with Gasteiger partial charge in [-0.2, -0.15) is 0 Å². The first-order valence-electron chi connectivity index (χ1n) is 10.1. The number of anilines is 1. The van der Waals surface area contributed by atoms with E-state index in [0.717, 1.165) is 74.6 Å². The summed E-state index contributed by atoms with van der Waals surface area (Å²) in [7, 11) is 0. The van der Waals surface area contributed by atoms with E-state index in [9.17, 15) is 4.39 Å². The van der Waals surface area contributed by atoms with Gasteiger partial charge in [-0.25, -0.2) is 9.37 Å². The van der Waals surface area contributed by atoms with Crippen LogP contribution in [0.5, 0.6) is 5.75 Å². The molecule has 1 aliphatic heterocycles. The summed E-state index contributed by atoms with van der Waals surface area (Å²) in [4.78, 5) is 7.37. The first-order chi connectivity index (χ1) is 13.2. The summed E-state index contributed by atoms with van der Waals surface area (Å²) in [5, 5.41) is 3.43. The van der Waals surface area contributed by atoms with Crippen molar-refractivity contribution in [3.63, 3.8) is 0 Å². The van der Waals surface area contributed by atoms with E-state index in [2.05, 4.69) is 29.3 Å². The van der Waals surface area contributed by atoms with Crippen LogP contribution in [0.15, 0.2) is 24.3 Å². The molecule has 2 heterocycles. The van der Waals surface area contributed by atoms with Crippen molar-refractivity contribution >= 4 is 5.82 Å². The molecule has 142 valence electrons. The first kappa shape index (κ1) is 17.0. The van der Waals surface area contributed by atoms with E-state index in [0.29, 0.717) is 6.04 Å². The minimum Gasteiger partial charge on any atom is -0.484 e. The number of halogens is 1. The molecule has 1 N–H and O–H groups in total. The average molecular weight is 367 g/mol. The van der Waals surface area contributed by atoms with Gasteiger partial charge in [0.1, 0.15) is 23.5 Å². The number of pyridine rings is 1. The predicted octanol–water partition coefficient (Wildman–Crippen LogP) is 3.57. The number of ether oxygens (including phenoxy) is 1. The smallest absolute Gasteiger partial charge is 0.141 e. The number of fused-ring (bicyclic) bond motifs is 2. The quantitative estimate of drug-likeness (QED) is 0.900. The summed E-state index contributed by atoms with van der Waals surface area (Å²) in [5.74, 6) is 1.56. The Bertz CT molecular complexity index is 869. The number of piperazine rings is 1. The highest BCUT2D eigenvalue weighted by atomic mass is 19.1. The average Bonchev–Trinajstić information content (AvgIpc) is 3.29. The molecule has 2 atom stereocenters. The molecule has 0 saturated carbocycles. The third kappa shape index (κ3) is 3.08. The van der Waals surface area contributed by atoms with Gasteiger partial charge in [-0.1, -0.05) is 6.07 Å². The minimum atomic E-state index is -0.194. The van der Waals surface area contributed by atoms with E-state index in [1.165, 1.54) is 11.1 Å². The molecule has 1 saturated heterocycles. The van der Waals surface area contributed by atoms with Crippen LogP contribution in [0.1, 0.15) is 48.3 Å². The molecule has 1 aromatic heterocycles. The molecule has 2 aliphatic carbocycles. The van der Waals surface area contributed by atoms with E-state index < -0.39 is 0 Å². The van der Waals surface area contributed by atoms with Crippen molar-refractivity contribution in [2.75, 3.05) is 24.5 Å². The van der Waals surface area contributed by atoms with Crippen molar-refractivity contribution in [1.29, 1.82) is 0 Å². The Morgan fingerprint density at radius 2 is 2.11 bits per heavy atom. The zero-order valence-electron chi connectivity index (χ0n) is 15.8. The summed E-state index contributed by atoms with van der Waals surface area (Å²) in [6, 6.07) is 8.00. The van der Waals surface area contributed by atoms with E-state index in [1.807, 2.05) is 0 Å². The second-order valence-corrected chi connectivity index (χ2v) is 8.00. The van der Waals surface area contributed by atoms with Crippen LogP contribution in [0, 0.1) is 5.82 Å². The highest BCUT2D eigenvalue weighted by Gasteiger charge is 2.30. The van der Waals surface area contributed by atoms with Crippen LogP contribution >= 0.6 is 0 Å². The molecule has 0 amide bonds. The summed E-state index contributed by atoms with van der Waals surface area (Å²) in [6.07, 6.45) is 4.82. The van der Waals surface area contributed by atoms with E-state index in [1.54, 1.807) is 12.1 Å². The lowest BCUT2D eigenvalue weighted by Gasteiger charge is -2.35. The minimum absolute atomic E-state index is 0.0790. The largest absolute Gasteiger partial charge is 0.484 e. The maximum absolute atomic E-state index is 14.0. The molecule has 0 unspecified atom stereocenters. The van der Waals surface area contributed by atoms with Gasteiger partial charge in [-0.15, -0.1) is 0 Å². The number of hydrogen-bond donors (Lipinski definition) is 1. The van der Waals surface area contributed by atoms with Gasteiger partial charge in [-0.05, 0) is 67.9 Å².